The van der Waals surface area contributed by atoms with Crippen molar-refractivity contribution in [3.05, 3.63) is 34.9 Å². The van der Waals surface area contributed by atoms with E-state index in [4.69, 9.17) is 5.73 Å². The number of hydrogen-bond donors (Lipinski definition) is 1. The number of nitrogens with zero attached hydrogens (tertiary/aromatic N) is 2. The van der Waals surface area contributed by atoms with Gasteiger partial charge in [0.1, 0.15) is 45.8 Å². The van der Waals surface area contributed by atoms with Crippen LogP contribution in [0.5, 0.6) is 0 Å². The molecule has 0 saturated carbocycles. The third kappa shape index (κ3) is 2.44. The fourth-order valence-corrected chi connectivity index (χ4v) is 4.86. The maximum Gasteiger partial charge on any atom is 0.272 e. The second-order valence-electron chi connectivity index (χ2n) is 7.76. The zero-order valence-corrected chi connectivity index (χ0v) is 13.4. The van der Waals surface area contributed by atoms with Crippen LogP contribution in [0.2, 0.25) is 0 Å². The van der Waals surface area contributed by atoms with Gasteiger partial charge in [-0.1, -0.05) is 12.1 Å². The molecule has 4 heteroatoms. The highest BCUT2D eigenvalue weighted by atomic mass is 16.1. The minimum Gasteiger partial charge on any atom is -0.365 e. The number of quaternary nitrogens is 2. The Morgan fingerprint density at radius 2 is 1.59 bits per heavy atom. The summed E-state index contributed by atoms with van der Waals surface area (Å²) in [6, 6.07) is 7.17. The van der Waals surface area contributed by atoms with E-state index in [-0.39, 0.29) is 5.91 Å². The molecule has 2 bridgehead atoms. The molecule has 0 radical (unpaired) electrons. The SMILES string of the molecule is NC(=O)C[N+]12CC[N+](Cc3ccc4c(c3)CCC4)(CC1)CC2. The Balaban J connectivity index is 1.48. The molecule has 0 spiro atoms. The number of aryl methyl sites for hydroxylation is 2. The van der Waals surface area contributed by atoms with Crippen LogP contribution in [0.4, 0.5) is 0 Å². The second-order valence-corrected chi connectivity index (χ2v) is 7.76. The lowest BCUT2D eigenvalue weighted by Gasteiger charge is -2.55. The lowest BCUT2D eigenvalue weighted by Crippen LogP contribution is -2.75. The molecule has 2 N–H and O–H groups in total. The first-order valence-corrected chi connectivity index (χ1v) is 8.67. The summed E-state index contributed by atoms with van der Waals surface area (Å²) in [6.07, 6.45) is 3.86. The largest absolute Gasteiger partial charge is 0.365 e. The van der Waals surface area contributed by atoms with Crippen molar-refractivity contribution in [3.63, 3.8) is 0 Å². The first kappa shape index (κ1) is 14.2. The molecule has 0 aromatic heterocycles. The monoisotopic (exact) mass is 301 g/mol. The Kier molecular flexibility index (Phi) is 3.27. The fourth-order valence-electron chi connectivity index (χ4n) is 4.86. The Morgan fingerprint density at radius 3 is 2.27 bits per heavy atom. The Hall–Kier alpha value is -1.39. The number of hydrogen-bond acceptors (Lipinski definition) is 1. The predicted molar refractivity (Wildman–Crippen MR) is 86.0 cm³/mol. The highest BCUT2D eigenvalue weighted by Crippen LogP contribution is 2.30. The van der Waals surface area contributed by atoms with Crippen LogP contribution in [0.25, 0.3) is 0 Å². The predicted octanol–water partition coefficient (Wildman–Crippen LogP) is 0.821. The van der Waals surface area contributed by atoms with E-state index in [1.54, 1.807) is 11.1 Å². The first-order valence-electron chi connectivity index (χ1n) is 8.67. The van der Waals surface area contributed by atoms with Gasteiger partial charge in [0, 0.05) is 5.56 Å². The van der Waals surface area contributed by atoms with Crippen LogP contribution < -0.4 is 5.73 Å². The molecule has 22 heavy (non-hydrogen) atoms. The van der Waals surface area contributed by atoms with Gasteiger partial charge in [-0.05, 0) is 36.5 Å². The molecule has 0 unspecified atom stereocenters. The number of fused-ring (bicyclic) bond motifs is 4. The van der Waals surface area contributed by atoms with Gasteiger partial charge >= 0.3 is 0 Å². The number of piperazine rings is 3. The lowest BCUT2D eigenvalue weighted by atomic mass is 10.0. The molecule has 1 aliphatic carbocycles. The molecule has 0 atom stereocenters. The number of carbonyl (C=O) groups is 1. The van der Waals surface area contributed by atoms with E-state index in [2.05, 4.69) is 18.2 Å². The van der Waals surface area contributed by atoms with Gasteiger partial charge in [-0.15, -0.1) is 0 Å². The zero-order chi connectivity index (χ0) is 15.2. The van der Waals surface area contributed by atoms with Gasteiger partial charge < -0.3 is 14.7 Å². The van der Waals surface area contributed by atoms with Gasteiger partial charge in [0.05, 0.1) is 0 Å². The Morgan fingerprint density at radius 1 is 0.955 bits per heavy atom. The molecule has 4 aliphatic rings. The standard InChI is InChI=1S/C18H26N3O/c19-18(22)14-21-9-6-20(7-10-21,8-11-21)13-15-4-5-16-2-1-3-17(16)12-15/h4-5,12H,1-3,6-11,13-14H2,(H-,19,22)/q+1/p+1. The minimum absolute atomic E-state index is 0.138. The number of nitrogens with two attached hydrogens (primary N) is 1. The Labute approximate surface area is 132 Å². The molecule has 5 rings (SSSR count). The molecule has 1 amide bonds. The van der Waals surface area contributed by atoms with Gasteiger partial charge in [0.2, 0.25) is 0 Å². The summed E-state index contributed by atoms with van der Waals surface area (Å²) in [5.41, 5.74) is 10.1. The average Bonchev–Trinajstić information content (AvgIpc) is 2.96. The summed E-state index contributed by atoms with van der Waals surface area (Å²) in [7, 11) is 0. The summed E-state index contributed by atoms with van der Waals surface area (Å²) >= 11 is 0. The third-order valence-electron chi connectivity index (χ3n) is 6.32. The number of primary amides is 1. The first-order chi connectivity index (χ1) is 10.6. The van der Waals surface area contributed by atoms with Crippen molar-refractivity contribution in [3.8, 4) is 0 Å². The van der Waals surface area contributed by atoms with Gasteiger partial charge in [-0.3, -0.25) is 4.79 Å². The van der Waals surface area contributed by atoms with Crippen LogP contribution in [0.3, 0.4) is 0 Å². The van der Waals surface area contributed by atoms with Crippen LogP contribution in [0.15, 0.2) is 18.2 Å². The van der Waals surface area contributed by atoms with E-state index < -0.39 is 0 Å². The van der Waals surface area contributed by atoms with Crippen molar-refractivity contribution < 1.29 is 13.8 Å². The molecule has 3 aliphatic heterocycles. The number of amides is 1. The molecule has 118 valence electrons. The molecule has 1 aromatic carbocycles. The summed E-state index contributed by atoms with van der Waals surface area (Å²) in [5, 5.41) is 0. The van der Waals surface area contributed by atoms with E-state index in [0.29, 0.717) is 6.54 Å². The average molecular weight is 301 g/mol. The highest BCUT2D eigenvalue weighted by molar-refractivity contribution is 5.74. The number of rotatable bonds is 4. The summed E-state index contributed by atoms with van der Waals surface area (Å²) < 4.78 is 2.16. The summed E-state index contributed by atoms with van der Waals surface area (Å²) in [4.78, 5) is 11.3. The van der Waals surface area contributed by atoms with E-state index in [1.165, 1.54) is 55.5 Å². The molecule has 3 heterocycles. The van der Waals surface area contributed by atoms with E-state index in [0.717, 1.165) is 24.1 Å². The maximum absolute atomic E-state index is 11.3. The quantitative estimate of drug-likeness (QED) is 0.822. The smallest absolute Gasteiger partial charge is 0.272 e. The normalized spacial score (nSPS) is 32.9. The zero-order valence-electron chi connectivity index (χ0n) is 13.4. The fraction of sp³-hybridized carbons (Fsp3) is 0.611. The van der Waals surface area contributed by atoms with E-state index in [9.17, 15) is 4.79 Å². The van der Waals surface area contributed by atoms with Crippen molar-refractivity contribution in [1.82, 2.24) is 0 Å². The van der Waals surface area contributed by atoms with Crippen LogP contribution in [0.1, 0.15) is 23.1 Å². The highest BCUT2D eigenvalue weighted by Gasteiger charge is 2.49. The van der Waals surface area contributed by atoms with Gasteiger partial charge in [0.25, 0.3) is 5.91 Å². The van der Waals surface area contributed by atoms with Crippen molar-refractivity contribution in [2.75, 3.05) is 45.8 Å². The number of carbonyl (C=O) groups excluding carboxylic acids is 1. The lowest BCUT2D eigenvalue weighted by molar-refractivity contribution is -1.08. The molecule has 3 saturated heterocycles. The maximum atomic E-state index is 11.3. The van der Waals surface area contributed by atoms with Crippen LogP contribution in [0, 0.1) is 0 Å². The molecule has 1 aromatic rings. The van der Waals surface area contributed by atoms with Gasteiger partial charge in [-0.2, -0.15) is 0 Å². The summed E-state index contributed by atoms with van der Waals surface area (Å²) in [5.74, 6) is -0.138. The van der Waals surface area contributed by atoms with Gasteiger partial charge in [0.15, 0.2) is 6.54 Å². The van der Waals surface area contributed by atoms with Crippen molar-refractivity contribution in [2.45, 2.75) is 25.8 Å². The second kappa shape index (κ2) is 5.07. The molecule has 3 fully saturated rings. The van der Waals surface area contributed by atoms with E-state index >= 15 is 0 Å². The molecular weight excluding hydrogens is 274 g/mol. The van der Waals surface area contributed by atoms with Crippen LogP contribution >= 0.6 is 0 Å². The minimum atomic E-state index is -0.138. The van der Waals surface area contributed by atoms with Crippen molar-refractivity contribution >= 4 is 5.91 Å². The Bertz CT molecular complexity index is 586. The van der Waals surface area contributed by atoms with Crippen LogP contribution in [-0.4, -0.2) is 60.7 Å². The van der Waals surface area contributed by atoms with Crippen molar-refractivity contribution in [1.29, 1.82) is 0 Å². The topological polar surface area (TPSA) is 43.1 Å². The van der Waals surface area contributed by atoms with E-state index in [1.807, 2.05) is 0 Å². The van der Waals surface area contributed by atoms with Crippen LogP contribution in [-0.2, 0) is 24.2 Å². The van der Waals surface area contributed by atoms with Gasteiger partial charge in [-0.25, -0.2) is 0 Å². The summed E-state index contributed by atoms with van der Waals surface area (Å²) in [6.45, 7) is 8.66. The molecular formula is C18H27N3O+2. The molecule has 4 nitrogen and oxygen atoms in total. The number of benzene rings is 1. The third-order valence-corrected chi connectivity index (χ3v) is 6.32. The van der Waals surface area contributed by atoms with Crippen molar-refractivity contribution in [2.24, 2.45) is 5.73 Å².